The molecule has 0 amide bonds. The van der Waals surface area contributed by atoms with Gasteiger partial charge in [0.25, 0.3) is 0 Å². The number of ether oxygens (including phenoxy) is 5. The minimum atomic E-state index is 0.0646. The van der Waals surface area contributed by atoms with Crippen molar-refractivity contribution in [2.45, 2.75) is 18.9 Å². The van der Waals surface area contributed by atoms with Crippen LogP contribution in [0.4, 0.5) is 0 Å². The fourth-order valence-corrected chi connectivity index (χ4v) is 3.23. The molecule has 6 heteroatoms. The maximum absolute atomic E-state index is 6.01. The van der Waals surface area contributed by atoms with E-state index in [2.05, 4.69) is 11.9 Å². The summed E-state index contributed by atoms with van der Waals surface area (Å²) in [4.78, 5) is 2.28. The van der Waals surface area contributed by atoms with E-state index in [1.165, 1.54) is 0 Å². The lowest BCUT2D eigenvalue weighted by Gasteiger charge is -2.29. The van der Waals surface area contributed by atoms with Gasteiger partial charge in [-0.3, -0.25) is 0 Å². The Morgan fingerprint density at radius 1 is 0.963 bits per heavy atom. The summed E-state index contributed by atoms with van der Waals surface area (Å²) in [6, 6.07) is 13.5. The topological polar surface area (TPSA) is 49.4 Å². The molecule has 0 aromatic heterocycles. The van der Waals surface area contributed by atoms with Crippen molar-refractivity contribution in [1.29, 1.82) is 0 Å². The van der Waals surface area contributed by atoms with Crippen molar-refractivity contribution in [2.24, 2.45) is 0 Å². The third kappa shape index (κ3) is 4.57. The number of nitrogens with zero attached hydrogens (tertiary/aromatic N) is 1. The quantitative estimate of drug-likeness (QED) is 0.664. The Kier molecular flexibility index (Phi) is 5.53. The largest absolute Gasteiger partial charge is 0.493 e. The molecule has 0 fully saturated rings. The standard InChI is InChI=1S/C21H25NO5/c1-22(13-17-14-24-18-6-2-3-7-20(18)27-17)10-4-5-11-23-16-8-9-19-21(12-16)26-15-25-19/h2-3,6-9,12,17H,4-5,10-11,13-15H2,1H3/t17-/m0/s1. The molecule has 0 radical (unpaired) electrons. The number of hydrogen-bond donors (Lipinski definition) is 0. The average molecular weight is 371 g/mol. The summed E-state index contributed by atoms with van der Waals surface area (Å²) >= 11 is 0. The Morgan fingerprint density at radius 2 is 1.78 bits per heavy atom. The summed E-state index contributed by atoms with van der Waals surface area (Å²) in [7, 11) is 2.11. The van der Waals surface area contributed by atoms with Gasteiger partial charge < -0.3 is 28.6 Å². The summed E-state index contributed by atoms with van der Waals surface area (Å²) in [5.41, 5.74) is 0. The maximum atomic E-state index is 6.01. The van der Waals surface area contributed by atoms with Crippen LogP contribution in [-0.2, 0) is 0 Å². The van der Waals surface area contributed by atoms with Crippen molar-refractivity contribution < 1.29 is 23.7 Å². The molecule has 0 spiro atoms. The van der Waals surface area contributed by atoms with Crippen LogP contribution in [-0.4, -0.2) is 51.1 Å². The lowest BCUT2D eigenvalue weighted by atomic mass is 10.2. The molecule has 2 aromatic carbocycles. The van der Waals surface area contributed by atoms with Crippen molar-refractivity contribution in [3.05, 3.63) is 42.5 Å². The van der Waals surface area contributed by atoms with Gasteiger partial charge in [-0.2, -0.15) is 0 Å². The number of benzene rings is 2. The monoisotopic (exact) mass is 371 g/mol. The highest BCUT2D eigenvalue weighted by Gasteiger charge is 2.21. The van der Waals surface area contributed by atoms with E-state index in [1.54, 1.807) is 0 Å². The number of likely N-dealkylation sites (N-methyl/N-ethyl adjacent to an activating group) is 1. The van der Waals surface area contributed by atoms with Crippen LogP contribution >= 0.6 is 0 Å². The molecule has 2 heterocycles. The van der Waals surface area contributed by atoms with Crippen molar-refractivity contribution in [3.8, 4) is 28.7 Å². The van der Waals surface area contributed by atoms with Crippen LogP contribution in [0.25, 0.3) is 0 Å². The zero-order valence-electron chi connectivity index (χ0n) is 15.6. The number of para-hydroxylation sites is 2. The van der Waals surface area contributed by atoms with Gasteiger partial charge in [-0.05, 0) is 50.7 Å². The van der Waals surface area contributed by atoms with Gasteiger partial charge in [0.2, 0.25) is 6.79 Å². The molecule has 2 aromatic rings. The molecule has 27 heavy (non-hydrogen) atoms. The van der Waals surface area contributed by atoms with Crippen molar-refractivity contribution in [3.63, 3.8) is 0 Å². The fraction of sp³-hybridized carbons (Fsp3) is 0.429. The van der Waals surface area contributed by atoms with Gasteiger partial charge in [-0.1, -0.05) is 12.1 Å². The van der Waals surface area contributed by atoms with E-state index in [1.807, 2.05) is 42.5 Å². The smallest absolute Gasteiger partial charge is 0.231 e. The number of unbranched alkanes of at least 4 members (excludes halogenated alkanes) is 1. The molecule has 0 saturated carbocycles. The van der Waals surface area contributed by atoms with E-state index in [4.69, 9.17) is 23.7 Å². The third-order valence-corrected chi connectivity index (χ3v) is 4.63. The van der Waals surface area contributed by atoms with Crippen LogP contribution in [0.15, 0.2) is 42.5 Å². The minimum Gasteiger partial charge on any atom is -0.493 e. The Morgan fingerprint density at radius 3 is 2.70 bits per heavy atom. The third-order valence-electron chi connectivity index (χ3n) is 4.63. The van der Waals surface area contributed by atoms with E-state index in [9.17, 15) is 0 Å². The molecule has 2 aliphatic heterocycles. The van der Waals surface area contributed by atoms with Crippen LogP contribution < -0.4 is 23.7 Å². The lowest BCUT2D eigenvalue weighted by molar-refractivity contribution is 0.0649. The zero-order chi connectivity index (χ0) is 18.5. The Bertz CT molecular complexity index is 766. The highest BCUT2D eigenvalue weighted by atomic mass is 16.7. The number of fused-ring (bicyclic) bond motifs is 2. The first kappa shape index (κ1) is 17.8. The summed E-state index contributed by atoms with van der Waals surface area (Å²) in [6.07, 6.45) is 2.12. The normalized spacial score (nSPS) is 17.2. The molecule has 4 rings (SSSR count). The van der Waals surface area contributed by atoms with Crippen molar-refractivity contribution in [2.75, 3.05) is 40.1 Å². The molecule has 0 aliphatic carbocycles. The molecule has 144 valence electrons. The molecule has 0 N–H and O–H groups in total. The molecular weight excluding hydrogens is 346 g/mol. The molecular formula is C21H25NO5. The zero-order valence-corrected chi connectivity index (χ0v) is 15.6. The van der Waals surface area contributed by atoms with Crippen molar-refractivity contribution >= 4 is 0 Å². The second kappa shape index (κ2) is 8.39. The molecule has 0 bridgehead atoms. The van der Waals surface area contributed by atoms with E-state index in [0.717, 1.165) is 54.7 Å². The molecule has 0 saturated heterocycles. The second-order valence-electron chi connectivity index (χ2n) is 6.83. The maximum Gasteiger partial charge on any atom is 0.231 e. The highest BCUT2D eigenvalue weighted by Crippen LogP contribution is 2.35. The summed E-state index contributed by atoms with van der Waals surface area (Å²) in [5.74, 6) is 4.01. The fourth-order valence-electron chi connectivity index (χ4n) is 3.23. The van der Waals surface area contributed by atoms with Gasteiger partial charge in [0.15, 0.2) is 23.0 Å². The van der Waals surface area contributed by atoms with Crippen LogP contribution in [0.3, 0.4) is 0 Å². The van der Waals surface area contributed by atoms with E-state index >= 15 is 0 Å². The lowest BCUT2D eigenvalue weighted by Crippen LogP contribution is -2.39. The van der Waals surface area contributed by atoms with Crippen molar-refractivity contribution in [1.82, 2.24) is 4.90 Å². The van der Waals surface area contributed by atoms with Gasteiger partial charge in [-0.25, -0.2) is 0 Å². The average Bonchev–Trinajstić information content (AvgIpc) is 3.15. The van der Waals surface area contributed by atoms with Crippen LogP contribution in [0.5, 0.6) is 28.7 Å². The Hall–Kier alpha value is -2.60. The van der Waals surface area contributed by atoms with E-state index < -0.39 is 0 Å². The summed E-state index contributed by atoms with van der Waals surface area (Å²) in [5, 5.41) is 0. The van der Waals surface area contributed by atoms with Crippen LogP contribution in [0.1, 0.15) is 12.8 Å². The van der Waals surface area contributed by atoms with Crippen LogP contribution in [0, 0.1) is 0 Å². The first-order valence-electron chi connectivity index (χ1n) is 9.37. The summed E-state index contributed by atoms with van der Waals surface area (Å²) < 4.78 is 28.2. The van der Waals surface area contributed by atoms with Gasteiger partial charge >= 0.3 is 0 Å². The van der Waals surface area contributed by atoms with E-state index in [-0.39, 0.29) is 12.9 Å². The highest BCUT2D eigenvalue weighted by molar-refractivity contribution is 5.46. The van der Waals surface area contributed by atoms with Crippen LogP contribution in [0.2, 0.25) is 0 Å². The van der Waals surface area contributed by atoms with Gasteiger partial charge in [0.05, 0.1) is 6.61 Å². The second-order valence-corrected chi connectivity index (χ2v) is 6.83. The predicted octanol–water partition coefficient (Wildman–Crippen LogP) is 3.35. The number of hydrogen-bond acceptors (Lipinski definition) is 6. The SMILES string of the molecule is CN(CCCCOc1ccc2c(c1)OCO2)C[C@H]1COc2ccccc2O1. The number of rotatable bonds is 8. The molecule has 0 unspecified atom stereocenters. The van der Waals surface area contributed by atoms with Gasteiger partial charge in [-0.15, -0.1) is 0 Å². The Labute approximate surface area is 159 Å². The minimum absolute atomic E-state index is 0.0646. The van der Waals surface area contributed by atoms with Gasteiger partial charge in [0.1, 0.15) is 18.5 Å². The summed E-state index contributed by atoms with van der Waals surface area (Å²) in [6.45, 7) is 3.40. The van der Waals surface area contributed by atoms with E-state index in [0.29, 0.717) is 13.2 Å². The molecule has 6 nitrogen and oxygen atoms in total. The Balaban J connectivity index is 1.13. The first-order valence-corrected chi connectivity index (χ1v) is 9.37. The first-order chi connectivity index (χ1) is 13.3. The molecule has 2 aliphatic rings. The van der Waals surface area contributed by atoms with Gasteiger partial charge in [0, 0.05) is 12.6 Å². The predicted molar refractivity (Wildman–Crippen MR) is 101 cm³/mol. The molecule has 1 atom stereocenters.